The third-order valence-corrected chi connectivity index (χ3v) is 8.40. The van der Waals surface area contributed by atoms with Crippen LogP contribution in [0.4, 0.5) is 0 Å². The summed E-state index contributed by atoms with van der Waals surface area (Å²) in [5.74, 6) is 1.17. The topological polar surface area (TPSA) is 40.5 Å². The second kappa shape index (κ2) is 4.95. The van der Waals surface area contributed by atoms with Crippen molar-refractivity contribution in [2.24, 2.45) is 28.6 Å². The van der Waals surface area contributed by atoms with Gasteiger partial charge in [0.1, 0.15) is 5.60 Å². The molecular formula is C21H32O2. The van der Waals surface area contributed by atoms with Crippen LogP contribution in [0.2, 0.25) is 0 Å². The molecule has 2 N–H and O–H groups in total. The zero-order chi connectivity index (χ0) is 16.5. The van der Waals surface area contributed by atoms with Gasteiger partial charge in [-0.05, 0) is 68.3 Å². The van der Waals surface area contributed by atoms with E-state index in [0.717, 1.165) is 25.7 Å². The fourth-order valence-corrected chi connectivity index (χ4v) is 7.00. The maximum atomic E-state index is 11.5. The fraction of sp³-hybridized carbons (Fsp3) is 0.810. The number of aliphatic hydroxyl groups excluding tert-OH is 1. The summed E-state index contributed by atoms with van der Waals surface area (Å²) < 4.78 is 0. The van der Waals surface area contributed by atoms with Crippen molar-refractivity contribution in [2.45, 2.75) is 76.9 Å². The summed E-state index contributed by atoms with van der Waals surface area (Å²) in [5, 5.41) is 22.4. The first-order valence-electron chi connectivity index (χ1n) is 9.61. The lowest BCUT2D eigenvalue weighted by molar-refractivity contribution is -0.135. The fourth-order valence-electron chi connectivity index (χ4n) is 7.00. The van der Waals surface area contributed by atoms with Gasteiger partial charge in [0, 0.05) is 11.3 Å². The minimum Gasteiger partial charge on any atom is -0.392 e. The normalized spacial score (nSPS) is 55.4. The molecule has 3 saturated carbocycles. The Morgan fingerprint density at radius 2 is 1.91 bits per heavy atom. The Kier molecular flexibility index (Phi) is 3.42. The van der Waals surface area contributed by atoms with Crippen LogP contribution < -0.4 is 0 Å². The lowest BCUT2D eigenvalue weighted by Gasteiger charge is -2.61. The second-order valence-electron chi connectivity index (χ2n) is 9.28. The van der Waals surface area contributed by atoms with Gasteiger partial charge in [-0.2, -0.15) is 0 Å². The van der Waals surface area contributed by atoms with Gasteiger partial charge in [-0.1, -0.05) is 38.5 Å². The van der Waals surface area contributed by atoms with Crippen molar-refractivity contribution in [3.8, 4) is 0 Å². The van der Waals surface area contributed by atoms with Crippen LogP contribution in [-0.2, 0) is 0 Å². The summed E-state index contributed by atoms with van der Waals surface area (Å²) in [5.41, 5.74) is 0.649. The molecule has 0 radical (unpaired) electrons. The molecule has 2 unspecified atom stereocenters. The largest absolute Gasteiger partial charge is 0.392 e. The highest BCUT2D eigenvalue weighted by Gasteiger charge is 2.63. The molecule has 3 fully saturated rings. The summed E-state index contributed by atoms with van der Waals surface area (Å²) in [7, 11) is 0. The van der Waals surface area contributed by atoms with Crippen LogP contribution in [0.15, 0.2) is 24.3 Å². The lowest BCUT2D eigenvalue weighted by Crippen LogP contribution is -2.60. The van der Waals surface area contributed by atoms with E-state index < -0.39 is 5.60 Å². The van der Waals surface area contributed by atoms with Crippen molar-refractivity contribution < 1.29 is 10.2 Å². The van der Waals surface area contributed by atoms with Gasteiger partial charge in [0.05, 0.1) is 6.10 Å². The summed E-state index contributed by atoms with van der Waals surface area (Å²) in [6.07, 6.45) is 12.8. The number of aliphatic hydroxyl groups is 2. The molecule has 0 heterocycles. The molecular weight excluding hydrogens is 284 g/mol. The van der Waals surface area contributed by atoms with Crippen LogP contribution in [0, 0.1) is 28.6 Å². The van der Waals surface area contributed by atoms with Gasteiger partial charge in [0.2, 0.25) is 0 Å². The van der Waals surface area contributed by atoms with Gasteiger partial charge < -0.3 is 10.2 Å². The molecule has 0 saturated heterocycles. The summed E-state index contributed by atoms with van der Waals surface area (Å²) >= 11 is 0. The first-order chi connectivity index (χ1) is 10.8. The Morgan fingerprint density at radius 3 is 2.65 bits per heavy atom. The Morgan fingerprint density at radius 1 is 1.13 bits per heavy atom. The molecule has 0 amide bonds. The minimum atomic E-state index is -0.882. The van der Waals surface area contributed by atoms with Gasteiger partial charge in [-0.15, -0.1) is 0 Å². The Labute approximate surface area is 140 Å². The van der Waals surface area contributed by atoms with Gasteiger partial charge in [0.25, 0.3) is 0 Å². The van der Waals surface area contributed by atoms with E-state index in [1.54, 1.807) is 6.08 Å². The average Bonchev–Trinajstić information content (AvgIpc) is 2.91. The molecule has 7 atom stereocenters. The van der Waals surface area contributed by atoms with E-state index >= 15 is 0 Å². The van der Waals surface area contributed by atoms with E-state index in [1.807, 2.05) is 0 Å². The van der Waals surface area contributed by atoms with Crippen molar-refractivity contribution in [1.82, 2.24) is 0 Å². The third-order valence-electron chi connectivity index (χ3n) is 8.40. The Hall–Kier alpha value is -0.600. The Bertz CT molecular complexity index is 552. The number of fused-ring (bicyclic) bond motifs is 5. The summed E-state index contributed by atoms with van der Waals surface area (Å²) in [6, 6.07) is 0. The van der Waals surface area contributed by atoms with Crippen LogP contribution in [0.3, 0.4) is 0 Å². The molecule has 2 heteroatoms. The maximum Gasteiger partial charge on any atom is 0.104 e. The Balaban J connectivity index is 1.86. The molecule has 2 nitrogen and oxygen atoms in total. The van der Waals surface area contributed by atoms with Gasteiger partial charge >= 0.3 is 0 Å². The standard InChI is InChI=1S/C21H32O2/c1-4-21(23)13-14-7-5-9-17(22)20(14,3)16-10-12-19(2)11-6-8-15(19)18(16)21/h4,13,15-18,22-23H,1,5-12H2,2-3H3/t15-,16+,17?,18-,19-,20-,21?/m0/s1. The number of rotatable bonds is 1. The SMILES string of the molecule is C=CC1(O)C=C2CCCC(O)[C@]2(C)[C@@H]2CC[C@]3(C)CCC[C@H]3[C@@H]21. The minimum absolute atomic E-state index is 0.137. The summed E-state index contributed by atoms with van der Waals surface area (Å²) in [6.45, 7) is 8.72. The molecule has 23 heavy (non-hydrogen) atoms. The third kappa shape index (κ3) is 1.94. The first kappa shape index (κ1) is 15.9. The van der Waals surface area contributed by atoms with Crippen molar-refractivity contribution >= 4 is 0 Å². The molecule has 0 aromatic carbocycles. The van der Waals surface area contributed by atoms with E-state index in [1.165, 1.54) is 31.3 Å². The van der Waals surface area contributed by atoms with E-state index in [9.17, 15) is 10.2 Å². The smallest absolute Gasteiger partial charge is 0.104 e. The van der Waals surface area contributed by atoms with E-state index in [4.69, 9.17) is 0 Å². The first-order valence-corrected chi connectivity index (χ1v) is 9.61. The van der Waals surface area contributed by atoms with Gasteiger partial charge in [0.15, 0.2) is 0 Å². The zero-order valence-electron chi connectivity index (χ0n) is 14.7. The van der Waals surface area contributed by atoms with Crippen molar-refractivity contribution in [1.29, 1.82) is 0 Å². The quantitative estimate of drug-likeness (QED) is 0.711. The molecule has 0 spiro atoms. The molecule has 128 valence electrons. The maximum absolute atomic E-state index is 11.5. The number of hydrogen-bond acceptors (Lipinski definition) is 2. The molecule has 4 aliphatic rings. The molecule has 4 rings (SSSR count). The second-order valence-corrected chi connectivity index (χ2v) is 9.28. The van der Waals surface area contributed by atoms with Crippen molar-refractivity contribution in [2.75, 3.05) is 0 Å². The summed E-state index contributed by atoms with van der Waals surface area (Å²) in [4.78, 5) is 0. The lowest BCUT2D eigenvalue weighted by atomic mass is 9.44. The highest BCUT2D eigenvalue weighted by molar-refractivity contribution is 5.35. The predicted molar refractivity (Wildman–Crippen MR) is 92.9 cm³/mol. The van der Waals surface area contributed by atoms with Crippen molar-refractivity contribution in [3.05, 3.63) is 24.3 Å². The molecule has 0 aliphatic heterocycles. The van der Waals surface area contributed by atoms with Crippen LogP contribution in [0.1, 0.15) is 65.2 Å². The van der Waals surface area contributed by atoms with E-state index in [-0.39, 0.29) is 17.4 Å². The van der Waals surface area contributed by atoms with Crippen LogP contribution in [-0.4, -0.2) is 21.9 Å². The molecule has 0 aromatic rings. The van der Waals surface area contributed by atoms with Gasteiger partial charge in [-0.3, -0.25) is 0 Å². The van der Waals surface area contributed by atoms with Crippen molar-refractivity contribution in [3.63, 3.8) is 0 Å². The zero-order valence-corrected chi connectivity index (χ0v) is 14.7. The van der Waals surface area contributed by atoms with Crippen LogP contribution in [0.5, 0.6) is 0 Å². The monoisotopic (exact) mass is 316 g/mol. The van der Waals surface area contributed by atoms with E-state index in [0.29, 0.717) is 17.3 Å². The number of hydrogen-bond donors (Lipinski definition) is 2. The average molecular weight is 316 g/mol. The highest BCUT2D eigenvalue weighted by Crippen LogP contribution is 2.66. The molecule has 0 bridgehead atoms. The van der Waals surface area contributed by atoms with Crippen LogP contribution in [0.25, 0.3) is 0 Å². The van der Waals surface area contributed by atoms with Gasteiger partial charge in [-0.25, -0.2) is 0 Å². The van der Waals surface area contributed by atoms with Crippen LogP contribution >= 0.6 is 0 Å². The molecule has 4 aliphatic carbocycles. The van der Waals surface area contributed by atoms with E-state index in [2.05, 4.69) is 26.5 Å². The predicted octanol–water partition coefficient (Wildman–Crippen LogP) is 4.23. The highest BCUT2D eigenvalue weighted by atomic mass is 16.3. The molecule has 0 aromatic heterocycles.